The normalized spacial score (nSPS) is 10.7. The van der Waals surface area contributed by atoms with Gasteiger partial charge in [0.15, 0.2) is 5.82 Å². The highest BCUT2D eigenvalue weighted by Crippen LogP contribution is 2.33. The molecule has 0 saturated heterocycles. The second kappa shape index (κ2) is 6.84. The van der Waals surface area contributed by atoms with Gasteiger partial charge in [0.05, 0.1) is 0 Å². The van der Waals surface area contributed by atoms with E-state index < -0.39 is 5.91 Å². The first-order chi connectivity index (χ1) is 13.1. The average Bonchev–Trinajstić information content (AvgIpc) is 3.19. The third kappa shape index (κ3) is 3.32. The van der Waals surface area contributed by atoms with Gasteiger partial charge in [0.2, 0.25) is 5.82 Å². The van der Waals surface area contributed by atoms with Crippen LogP contribution in [0.2, 0.25) is 0 Å². The Labute approximate surface area is 154 Å². The minimum atomic E-state index is -0.665. The number of carbonyl (C=O) groups is 1. The molecule has 4 aromatic rings. The molecule has 1 amide bonds. The zero-order chi connectivity index (χ0) is 18.8. The van der Waals surface area contributed by atoms with Crippen LogP contribution >= 0.6 is 0 Å². The van der Waals surface area contributed by atoms with Gasteiger partial charge in [-0.05, 0) is 40.5 Å². The summed E-state index contributed by atoms with van der Waals surface area (Å²) in [6.45, 7) is 0. The molecule has 6 heteroatoms. The fourth-order valence-electron chi connectivity index (χ4n) is 2.97. The molecule has 27 heavy (non-hydrogen) atoms. The van der Waals surface area contributed by atoms with Gasteiger partial charge in [-0.25, -0.2) is 9.37 Å². The van der Waals surface area contributed by atoms with Gasteiger partial charge >= 0.3 is 0 Å². The summed E-state index contributed by atoms with van der Waals surface area (Å²) in [5.41, 5.74) is 9.56. The summed E-state index contributed by atoms with van der Waals surface area (Å²) in [6, 6.07) is 21.9. The standard InChI is InChI=1S/C21H15FN4O/c22-16-8-4-6-14(12-16)18-10-2-1-9-17(18)13-5-3-7-15(11-13)20-24-21(19(23)27)26-25-20/h1-12H,(H2,23,27)(H,24,25,26). The van der Waals surface area contributed by atoms with Gasteiger partial charge in [-0.15, -0.1) is 0 Å². The topological polar surface area (TPSA) is 84.7 Å². The number of aromatic amines is 1. The number of benzene rings is 3. The Bertz CT molecular complexity index is 1140. The van der Waals surface area contributed by atoms with E-state index in [0.717, 1.165) is 27.8 Å². The molecule has 0 saturated carbocycles. The number of hydrogen-bond donors (Lipinski definition) is 2. The fraction of sp³-hybridized carbons (Fsp3) is 0. The third-order valence-electron chi connectivity index (χ3n) is 4.21. The van der Waals surface area contributed by atoms with Crippen LogP contribution in [0.5, 0.6) is 0 Å². The lowest BCUT2D eigenvalue weighted by molar-refractivity contribution is 0.0991. The van der Waals surface area contributed by atoms with Crippen LogP contribution in [0.4, 0.5) is 4.39 Å². The molecule has 1 heterocycles. The van der Waals surface area contributed by atoms with Gasteiger partial charge in [0.25, 0.3) is 5.91 Å². The second-order valence-corrected chi connectivity index (χ2v) is 6.01. The van der Waals surface area contributed by atoms with Crippen molar-refractivity contribution in [2.75, 3.05) is 0 Å². The highest BCUT2D eigenvalue weighted by Gasteiger charge is 2.12. The maximum Gasteiger partial charge on any atom is 0.286 e. The number of amides is 1. The highest BCUT2D eigenvalue weighted by atomic mass is 19.1. The maximum absolute atomic E-state index is 13.7. The molecule has 0 radical (unpaired) electrons. The van der Waals surface area contributed by atoms with E-state index in [-0.39, 0.29) is 11.6 Å². The van der Waals surface area contributed by atoms with Crippen LogP contribution in [0.25, 0.3) is 33.6 Å². The molecule has 5 nitrogen and oxygen atoms in total. The number of H-pyrrole nitrogens is 1. The van der Waals surface area contributed by atoms with E-state index in [9.17, 15) is 9.18 Å². The highest BCUT2D eigenvalue weighted by molar-refractivity contribution is 5.89. The molecule has 0 aliphatic carbocycles. The molecule has 132 valence electrons. The van der Waals surface area contributed by atoms with Crippen LogP contribution in [0.15, 0.2) is 72.8 Å². The molecule has 0 unspecified atom stereocenters. The van der Waals surface area contributed by atoms with Crippen molar-refractivity contribution in [2.24, 2.45) is 5.73 Å². The summed E-state index contributed by atoms with van der Waals surface area (Å²) in [6.07, 6.45) is 0. The first-order valence-electron chi connectivity index (χ1n) is 8.30. The molecule has 3 aromatic carbocycles. The van der Waals surface area contributed by atoms with E-state index in [1.165, 1.54) is 12.1 Å². The number of rotatable bonds is 4. The van der Waals surface area contributed by atoms with E-state index in [0.29, 0.717) is 5.82 Å². The number of primary amides is 1. The summed E-state index contributed by atoms with van der Waals surface area (Å²) >= 11 is 0. The summed E-state index contributed by atoms with van der Waals surface area (Å²) in [7, 11) is 0. The fourth-order valence-corrected chi connectivity index (χ4v) is 2.97. The average molecular weight is 358 g/mol. The SMILES string of the molecule is NC(=O)c1nc(-c2cccc(-c3ccccc3-c3cccc(F)c3)c2)n[nH]1. The monoisotopic (exact) mass is 358 g/mol. The zero-order valence-electron chi connectivity index (χ0n) is 14.2. The van der Waals surface area contributed by atoms with Crippen molar-refractivity contribution in [3.8, 4) is 33.6 Å². The van der Waals surface area contributed by atoms with Crippen molar-refractivity contribution >= 4 is 5.91 Å². The summed E-state index contributed by atoms with van der Waals surface area (Å²) in [5.74, 6) is -0.554. The predicted octanol–water partition coefficient (Wildman–Crippen LogP) is 4.04. The Hall–Kier alpha value is -3.80. The van der Waals surface area contributed by atoms with Crippen LogP contribution in [0.1, 0.15) is 10.6 Å². The summed E-state index contributed by atoms with van der Waals surface area (Å²) in [5, 5.41) is 6.58. The van der Waals surface area contributed by atoms with E-state index in [4.69, 9.17) is 5.73 Å². The lowest BCUT2D eigenvalue weighted by Gasteiger charge is -2.11. The molecule has 0 fully saturated rings. The first kappa shape index (κ1) is 16.7. The predicted molar refractivity (Wildman–Crippen MR) is 101 cm³/mol. The lowest BCUT2D eigenvalue weighted by Crippen LogP contribution is -2.12. The number of hydrogen-bond acceptors (Lipinski definition) is 3. The molecule has 3 N–H and O–H groups in total. The smallest absolute Gasteiger partial charge is 0.286 e. The third-order valence-corrected chi connectivity index (χ3v) is 4.21. The van der Waals surface area contributed by atoms with Crippen LogP contribution in [0.3, 0.4) is 0 Å². The lowest BCUT2D eigenvalue weighted by atomic mass is 9.93. The van der Waals surface area contributed by atoms with Gasteiger partial charge in [0, 0.05) is 5.56 Å². The van der Waals surface area contributed by atoms with Crippen LogP contribution < -0.4 is 5.73 Å². The molecule has 0 atom stereocenters. The maximum atomic E-state index is 13.7. The van der Waals surface area contributed by atoms with Gasteiger partial charge in [-0.1, -0.05) is 54.6 Å². The first-order valence-corrected chi connectivity index (χ1v) is 8.30. The number of carbonyl (C=O) groups excluding carboxylic acids is 1. The van der Waals surface area contributed by atoms with Crippen LogP contribution in [-0.2, 0) is 0 Å². The van der Waals surface area contributed by atoms with E-state index >= 15 is 0 Å². The van der Waals surface area contributed by atoms with Crippen molar-refractivity contribution in [2.45, 2.75) is 0 Å². The van der Waals surface area contributed by atoms with Gasteiger partial charge in [-0.2, -0.15) is 5.10 Å². The quantitative estimate of drug-likeness (QED) is 0.577. The minimum absolute atomic E-state index is 0.00978. The van der Waals surface area contributed by atoms with Crippen molar-refractivity contribution in [3.05, 3.63) is 84.4 Å². The number of aromatic nitrogens is 3. The molecule has 1 aromatic heterocycles. The molecular formula is C21H15FN4O. The van der Waals surface area contributed by atoms with Crippen molar-refractivity contribution in [1.82, 2.24) is 15.2 Å². The molecule has 0 aliphatic rings. The number of nitrogens with two attached hydrogens (primary N) is 1. The second-order valence-electron chi connectivity index (χ2n) is 6.01. The Morgan fingerprint density at radius 1 is 0.852 bits per heavy atom. The molecular weight excluding hydrogens is 343 g/mol. The van der Waals surface area contributed by atoms with Crippen LogP contribution in [0, 0.1) is 5.82 Å². The largest absolute Gasteiger partial charge is 0.363 e. The molecule has 0 spiro atoms. The van der Waals surface area contributed by atoms with Crippen molar-refractivity contribution < 1.29 is 9.18 Å². The van der Waals surface area contributed by atoms with Gasteiger partial charge < -0.3 is 5.73 Å². The van der Waals surface area contributed by atoms with Gasteiger partial charge in [-0.3, -0.25) is 9.89 Å². The van der Waals surface area contributed by atoms with E-state index in [2.05, 4.69) is 15.2 Å². The van der Waals surface area contributed by atoms with Crippen LogP contribution in [-0.4, -0.2) is 21.1 Å². The zero-order valence-corrected chi connectivity index (χ0v) is 14.2. The number of halogens is 1. The van der Waals surface area contributed by atoms with Crippen molar-refractivity contribution in [3.63, 3.8) is 0 Å². The molecule has 0 aliphatic heterocycles. The minimum Gasteiger partial charge on any atom is -0.363 e. The Kier molecular flexibility index (Phi) is 4.22. The number of nitrogens with zero attached hydrogens (tertiary/aromatic N) is 2. The molecule has 0 bridgehead atoms. The Morgan fingerprint density at radius 2 is 1.48 bits per heavy atom. The summed E-state index contributed by atoms with van der Waals surface area (Å²) in [4.78, 5) is 15.3. The van der Waals surface area contributed by atoms with Gasteiger partial charge in [0.1, 0.15) is 5.82 Å². The molecule has 4 rings (SSSR count). The Morgan fingerprint density at radius 3 is 2.11 bits per heavy atom. The number of nitrogens with one attached hydrogen (secondary N) is 1. The summed E-state index contributed by atoms with van der Waals surface area (Å²) < 4.78 is 13.7. The Balaban J connectivity index is 1.80. The van der Waals surface area contributed by atoms with Crippen molar-refractivity contribution in [1.29, 1.82) is 0 Å². The van der Waals surface area contributed by atoms with E-state index in [1.54, 1.807) is 6.07 Å². The van der Waals surface area contributed by atoms with E-state index in [1.807, 2.05) is 54.6 Å².